The number of pyridine rings is 2. The predicted molar refractivity (Wildman–Crippen MR) is 217 cm³/mol. The van der Waals surface area contributed by atoms with Crippen LogP contribution in [0, 0.1) is 0 Å². The van der Waals surface area contributed by atoms with Crippen molar-refractivity contribution in [2.24, 2.45) is 0 Å². The lowest BCUT2D eigenvalue weighted by Crippen LogP contribution is -1.93. The highest BCUT2D eigenvalue weighted by atomic mass is 15.0. The largest absolute Gasteiger partial charge is 0.309 e. The molecule has 4 heteroatoms. The third-order valence-corrected chi connectivity index (χ3v) is 10.5. The number of para-hydroxylation sites is 4. The van der Waals surface area contributed by atoms with Gasteiger partial charge in [0.1, 0.15) is 0 Å². The van der Waals surface area contributed by atoms with E-state index >= 15 is 0 Å². The van der Waals surface area contributed by atoms with E-state index in [0.29, 0.717) is 0 Å². The molecule has 0 amide bonds. The summed E-state index contributed by atoms with van der Waals surface area (Å²) in [6.07, 6.45) is 3.98. The second-order valence-corrected chi connectivity index (χ2v) is 13.5. The number of hydrogen-bond acceptors (Lipinski definition) is 2. The summed E-state index contributed by atoms with van der Waals surface area (Å²) in [5, 5.41) is 7.12. The van der Waals surface area contributed by atoms with Gasteiger partial charge < -0.3 is 9.13 Å². The minimum Gasteiger partial charge on any atom is -0.309 e. The number of benzene rings is 7. The van der Waals surface area contributed by atoms with E-state index in [0.717, 1.165) is 55.4 Å². The van der Waals surface area contributed by atoms with Gasteiger partial charge in [0, 0.05) is 67.2 Å². The van der Waals surface area contributed by atoms with Gasteiger partial charge in [-0.25, -0.2) is 0 Å². The lowest BCUT2D eigenvalue weighted by molar-refractivity contribution is 1.18. The molecule has 0 unspecified atom stereocenters. The van der Waals surface area contributed by atoms with Crippen molar-refractivity contribution >= 4 is 65.4 Å². The van der Waals surface area contributed by atoms with Crippen molar-refractivity contribution in [1.29, 1.82) is 0 Å². The maximum absolute atomic E-state index is 5.03. The average molecular weight is 663 g/mol. The Bertz CT molecular complexity index is 2960. The minimum absolute atomic E-state index is 0.909. The van der Waals surface area contributed by atoms with Crippen LogP contribution in [0.2, 0.25) is 0 Å². The first kappa shape index (κ1) is 28.8. The molecule has 0 bridgehead atoms. The third-order valence-electron chi connectivity index (χ3n) is 10.5. The fraction of sp³-hybridized carbons (Fsp3) is 0. The molecule has 4 heterocycles. The van der Waals surface area contributed by atoms with Crippen LogP contribution in [0.4, 0.5) is 0 Å². The summed E-state index contributed by atoms with van der Waals surface area (Å²) in [5.41, 5.74) is 13.3. The summed E-state index contributed by atoms with van der Waals surface area (Å²) < 4.78 is 4.72. The SMILES string of the molecule is c1ccc(-n2c3ccccc3c3ccc(-c4cnc5c(ccc6cc(-c7ccc8c9ccccc9n(-c9ccccc9)c8c7)cnc65)c4)cc32)cc1. The van der Waals surface area contributed by atoms with E-state index < -0.39 is 0 Å². The molecular weight excluding hydrogens is 633 g/mol. The number of fused-ring (bicyclic) bond motifs is 9. The minimum atomic E-state index is 0.909. The number of rotatable bonds is 4. The molecule has 0 aliphatic carbocycles. The zero-order valence-corrected chi connectivity index (χ0v) is 28.1. The molecule has 0 fully saturated rings. The van der Waals surface area contributed by atoms with Crippen molar-refractivity contribution in [1.82, 2.24) is 19.1 Å². The predicted octanol–water partition coefficient (Wildman–Crippen LogP) is 12.3. The van der Waals surface area contributed by atoms with Crippen LogP contribution in [0.3, 0.4) is 0 Å². The molecule has 11 rings (SSSR count). The van der Waals surface area contributed by atoms with Crippen LogP contribution < -0.4 is 0 Å². The molecule has 0 atom stereocenters. The van der Waals surface area contributed by atoms with Gasteiger partial charge in [0.25, 0.3) is 0 Å². The van der Waals surface area contributed by atoms with Crippen LogP contribution in [-0.4, -0.2) is 19.1 Å². The second-order valence-electron chi connectivity index (χ2n) is 13.5. The molecule has 0 aliphatic heterocycles. The maximum atomic E-state index is 5.03. The van der Waals surface area contributed by atoms with Gasteiger partial charge in [-0.15, -0.1) is 0 Å². The Balaban J connectivity index is 1.01. The van der Waals surface area contributed by atoms with Crippen LogP contribution in [0.25, 0.3) is 99.0 Å². The highest BCUT2D eigenvalue weighted by Gasteiger charge is 2.16. The Morgan fingerprint density at radius 2 is 0.712 bits per heavy atom. The summed E-state index contributed by atoms with van der Waals surface area (Å²) in [5.74, 6) is 0. The third kappa shape index (κ3) is 4.34. The van der Waals surface area contributed by atoms with Gasteiger partial charge >= 0.3 is 0 Å². The summed E-state index contributed by atoms with van der Waals surface area (Å²) in [6.45, 7) is 0. The Labute approximate surface area is 299 Å². The molecule has 242 valence electrons. The lowest BCUT2D eigenvalue weighted by Gasteiger charge is -2.10. The van der Waals surface area contributed by atoms with E-state index in [2.05, 4.69) is 179 Å². The first-order valence-corrected chi connectivity index (χ1v) is 17.7. The molecule has 11 aromatic rings. The Morgan fingerprint density at radius 1 is 0.308 bits per heavy atom. The fourth-order valence-electron chi connectivity index (χ4n) is 8.12. The fourth-order valence-corrected chi connectivity index (χ4v) is 8.12. The zero-order chi connectivity index (χ0) is 34.2. The van der Waals surface area contributed by atoms with Crippen LogP contribution in [0.5, 0.6) is 0 Å². The Hall–Kier alpha value is -7.04. The van der Waals surface area contributed by atoms with Crippen LogP contribution in [0.1, 0.15) is 0 Å². The van der Waals surface area contributed by atoms with Crippen molar-refractivity contribution in [3.63, 3.8) is 0 Å². The Kier molecular flexibility index (Phi) is 6.22. The number of nitrogens with zero attached hydrogens (tertiary/aromatic N) is 4. The average Bonchev–Trinajstić information content (AvgIpc) is 3.73. The van der Waals surface area contributed by atoms with Crippen molar-refractivity contribution in [2.75, 3.05) is 0 Å². The second kappa shape index (κ2) is 11.2. The summed E-state index contributed by atoms with van der Waals surface area (Å²) in [6, 6.07) is 60.8. The van der Waals surface area contributed by atoms with E-state index in [1.165, 1.54) is 43.6 Å². The van der Waals surface area contributed by atoms with Crippen molar-refractivity contribution in [2.45, 2.75) is 0 Å². The monoisotopic (exact) mass is 662 g/mol. The molecular formula is C48H30N4. The smallest absolute Gasteiger partial charge is 0.0965 e. The molecule has 0 saturated heterocycles. The van der Waals surface area contributed by atoms with E-state index in [9.17, 15) is 0 Å². The van der Waals surface area contributed by atoms with E-state index in [-0.39, 0.29) is 0 Å². The van der Waals surface area contributed by atoms with E-state index in [4.69, 9.17) is 9.97 Å². The maximum Gasteiger partial charge on any atom is 0.0965 e. The van der Waals surface area contributed by atoms with E-state index in [1.54, 1.807) is 0 Å². The van der Waals surface area contributed by atoms with Crippen LogP contribution >= 0.6 is 0 Å². The highest BCUT2D eigenvalue weighted by molar-refractivity contribution is 6.12. The van der Waals surface area contributed by atoms with Gasteiger partial charge in [0.05, 0.1) is 33.1 Å². The van der Waals surface area contributed by atoms with Crippen molar-refractivity contribution in [3.05, 3.63) is 182 Å². The molecule has 0 spiro atoms. The standard InChI is InChI=1S/C48H30N4/c1-3-11-37(12-4-1)51-43-17-9-7-15-39(43)41-23-21-31(27-45(41)51)35-25-33-19-20-34-26-36(30-50-48(34)47(33)49-29-35)32-22-24-42-40-16-8-10-18-44(40)52(46(42)28-32)38-13-5-2-6-14-38/h1-30H. The highest BCUT2D eigenvalue weighted by Crippen LogP contribution is 2.38. The molecule has 4 nitrogen and oxygen atoms in total. The van der Waals surface area contributed by atoms with Crippen molar-refractivity contribution in [3.8, 4) is 33.6 Å². The summed E-state index contributed by atoms with van der Waals surface area (Å²) >= 11 is 0. The normalized spacial score (nSPS) is 11.8. The number of hydrogen-bond donors (Lipinski definition) is 0. The van der Waals surface area contributed by atoms with Gasteiger partial charge in [0.15, 0.2) is 0 Å². The van der Waals surface area contributed by atoms with Gasteiger partial charge in [-0.2, -0.15) is 0 Å². The van der Waals surface area contributed by atoms with Crippen molar-refractivity contribution < 1.29 is 0 Å². The molecule has 0 aliphatic rings. The topological polar surface area (TPSA) is 35.6 Å². The zero-order valence-electron chi connectivity index (χ0n) is 28.1. The lowest BCUT2D eigenvalue weighted by atomic mass is 10.0. The van der Waals surface area contributed by atoms with E-state index in [1.807, 2.05) is 12.4 Å². The molecule has 0 radical (unpaired) electrons. The molecule has 52 heavy (non-hydrogen) atoms. The summed E-state index contributed by atoms with van der Waals surface area (Å²) in [4.78, 5) is 10.1. The van der Waals surface area contributed by atoms with Gasteiger partial charge in [-0.3, -0.25) is 9.97 Å². The van der Waals surface area contributed by atoms with Crippen LogP contribution in [-0.2, 0) is 0 Å². The Morgan fingerprint density at radius 3 is 1.17 bits per heavy atom. The molecule has 7 aromatic carbocycles. The quantitative estimate of drug-likeness (QED) is 0.176. The first-order valence-electron chi connectivity index (χ1n) is 17.7. The number of aromatic nitrogens is 4. The van der Waals surface area contributed by atoms with Crippen LogP contribution in [0.15, 0.2) is 182 Å². The van der Waals surface area contributed by atoms with Gasteiger partial charge in [-0.05, 0) is 71.8 Å². The molecule has 0 saturated carbocycles. The molecule has 0 N–H and O–H groups in total. The van der Waals surface area contributed by atoms with Gasteiger partial charge in [0.2, 0.25) is 0 Å². The van der Waals surface area contributed by atoms with Gasteiger partial charge in [-0.1, -0.05) is 109 Å². The first-order chi connectivity index (χ1) is 25.8. The molecule has 4 aromatic heterocycles. The summed E-state index contributed by atoms with van der Waals surface area (Å²) in [7, 11) is 0.